The van der Waals surface area contributed by atoms with E-state index in [1.165, 1.54) is 0 Å². The molecule has 46 valence electrons. The van der Waals surface area contributed by atoms with Crippen LogP contribution in [0.25, 0.3) is 0 Å². The number of rotatable bonds is 0. The van der Waals surface area contributed by atoms with Crippen LogP contribution < -0.4 is 138 Å². The van der Waals surface area contributed by atoms with Crippen LogP contribution in [0.5, 0.6) is 0 Å². The summed E-state index contributed by atoms with van der Waals surface area (Å²) in [6.07, 6.45) is 13.5. The van der Waals surface area contributed by atoms with Gasteiger partial charge >= 0.3 is 138 Å². The van der Waals surface area contributed by atoms with Crippen molar-refractivity contribution in [3.63, 3.8) is 0 Å². The third kappa shape index (κ3) is 6.03. The fourth-order valence-corrected chi connectivity index (χ4v) is 0.637. The molecule has 0 aliphatic carbocycles. The summed E-state index contributed by atoms with van der Waals surface area (Å²) in [4.78, 5) is 0. The van der Waals surface area contributed by atoms with Gasteiger partial charge in [-0.2, -0.15) is 0 Å². The summed E-state index contributed by atoms with van der Waals surface area (Å²) in [6, 6.07) is 6.90. The van der Waals surface area contributed by atoms with Gasteiger partial charge in [-0.1, -0.05) is 0 Å². The van der Waals surface area contributed by atoms with E-state index in [4.69, 9.17) is 12.8 Å². The van der Waals surface area contributed by atoms with Crippen LogP contribution in [0.3, 0.4) is 0 Å². The molecule has 0 atom stereocenters. The molecule has 2 heteroatoms. The van der Waals surface area contributed by atoms with Crippen LogP contribution in [-0.2, 0) is 0 Å². The van der Waals surface area contributed by atoms with Crippen LogP contribution in [0.1, 0.15) is 11.1 Å². The molecule has 1 aromatic rings. The normalized spacial score (nSPS) is 6.50. The summed E-state index contributed by atoms with van der Waals surface area (Å²) < 4.78 is 0. The first-order chi connectivity index (χ1) is 4.86. The van der Waals surface area contributed by atoms with Crippen LogP contribution in [0.2, 0.25) is 0 Å². The Kier molecular flexibility index (Phi) is 14.0. The van der Waals surface area contributed by atoms with E-state index in [9.17, 15) is 0 Å². The largest absolute Gasteiger partial charge is 1.00 e. The molecule has 0 radical (unpaired) electrons. The standard InChI is InChI=1S/C10H4.2Cs/c1-3-9-5-7-10(4-2)8-6-9;;/h5-8H;;/q-2;2*+1. The van der Waals surface area contributed by atoms with Crippen molar-refractivity contribution in [3.05, 3.63) is 48.2 Å². The minimum Gasteiger partial charge on any atom is -0.366 e. The SMILES string of the molecule is [C-]#Cc1ccc(C#[C-])cc1.[Cs+].[Cs+]. The van der Waals surface area contributed by atoms with E-state index >= 15 is 0 Å². The van der Waals surface area contributed by atoms with Crippen molar-refractivity contribution in [2.24, 2.45) is 0 Å². The van der Waals surface area contributed by atoms with E-state index in [2.05, 4.69) is 11.8 Å². The van der Waals surface area contributed by atoms with Crippen molar-refractivity contribution in [1.29, 1.82) is 0 Å². The van der Waals surface area contributed by atoms with E-state index in [1.807, 2.05) is 0 Å². The first-order valence-electron chi connectivity index (χ1n) is 2.82. The molecule has 0 N–H and O–H groups in total. The number of benzene rings is 1. The third-order valence-electron chi connectivity index (χ3n) is 1.17. The smallest absolute Gasteiger partial charge is 0.366 e. The van der Waals surface area contributed by atoms with Crippen LogP contribution in [0.4, 0.5) is 0 Å². The van der Waals surface area contributed by atoms with Crippen LogP contribution in [0.15, 0.2) is 24.3 Å². The third-order valence-corrected chi connectivity index (χ3v) is 1.17. The maximum Gasteiger partial charge on any atom is 1.00 e. The van der Waals surface area contributed by atoms with E-state index in [0.717, 1.165) is 11.1 Å². The van der Waals surface area contributed by atoms with E-state index in [-0.39, 0.29) is 138 Å². The Bertz CT molecular complexity index is 265. The Hall–Kier alpha value is 2.44. The van der Waals surface area contributed by atoms with Crippen molar-refractivity contribution in [2.45, 2.75) is 0 Å². The van der Waals surface area contributed by atoms with Crippen LogP contribution >= 0.6 is 0 Å². The molecule has 0 unspecified atom stereocenters. The molecule has 0 saturated heterocycles. The molecule has 0 bridgehead atoms. The van der Waals surface area contributed by atoms with Crippen molar-refractivity contribution in [3.8, 4) is 11.8 Å². The maximum absolute atomic E-state index is 6.75. The van der Waals surface area contributed by atoms with Crippen molar-refractivity contribution in [1.82, 2.24) is 0 Å². The van der Waals surface area contributed by atoms with Crippen LogP contribution in [-0.4, -0.2) is 0 Å². The van der Waals surface area contributed by atoms with Crippen molar-refractivity contribution in [2.75, 3.05) is 0 Å². The maximum atomic E-state index is 6.75. The van der Waals surface area contributed by atoms with Crippen molar-refractivity contribution < 1.29 is 138 Å². The topological polar surface area (TPSA) is 0 Å². The Labute approximate surface area is 191 Å². The van der Waals surface area contributed by atoms with E-state index < -0.39 is 0 Å². The van der Waals surface area contributed by atoms with Gasteiger partial charge in [0.05, 0.1) is 0 Å². The molecule has 0 nitrogen and oxygen atoms in total. The predicted molar refractivity (Wildman–Crippen MR) is 38.9 cm³/mol. The quantitative estimate of drug-likeness (QED) is 0.310. The molecule has 0 heterocycles. The van der Waals surface area contributed by atoms with Gasteiger partial charge in [-0.25, -0.2) is 0 Å². The second-order valence-electron chi connectivity index (χ2n) is 1.83. The molecule has 0 saturated carbocycles. The van der Waals surface area contributed by atoms with Gasteiger partial charge in [0, 0.05) is 0 Å². The molecule has 1 rings (SSSR count). The van der Waals surface area contributed by atoms with Gasteiger partial charge in [-0.05, 0) is 0 Å². The van der Waals surface area contributed by atoms with Gasteiger partial charge in [-0.15, -0.1) is 35.4 Å². The second-order valence-corrected chi connectivity index (χ2v) is 1.83. The number of hydrogen-bond donors (Lipinski definition) is 0. The van der Waals surface area contributed by atoms with Crippen LogP contribution in [0, 0.1) is 24.7 Å². The summed E-state index contributed by atoms with van der Waals surface area (Å²) >= 11 is 0. The predicted octanol–water partition coefficient (Wildman–Crippen LogP) is -4.43. The van der Waals surface area contributed by atoms with E-state index in [1.54, 1.807) is 24.3 Å². The first-order valence-corrected chi connectivity index (χ1v) is 2.82. The molecule has 0 aliphatic rings. The average molecular weight is 390 g/mol. The molecule has 12 heavy (non-hydrogen) atoms. The Balaban J connectivity index is 0. The van der Waals surface area contributed by atoms with Gasteiger partial charge < -0.3 is 12.8 Å². The van der Waals surface area contributed by atoms with Crippen molar-refractivity contribution >= 4 is 0 Å². The van der Waals surface area contributed by atoms with E-state index in [0.29, 0.717) is 0 Å². The monoisotopic (exact) mass is 390 g/mol. The Morgan fingerprint density at radius 3 is 1.17 bits per heavy atom. The number of hydrogen-bond acceptors (Lipinski definition) is 0. The Morgan fingerprint density at radius 2 is 1.00 bits per heavy atom. The summed E-state index contributed by atoms with van der Waals surface area (Å²) in [5.74, 6) is 4.48. The van der Waals surface area contributed by atoms with Gasteiger partial charge in [-0.3, -0.25) is 11.8 Å². The fraction of sp³-hybridized carbons (Fsp3) is 0. The zero-order valence-electron chi connectivity index (χ0n) is 7.31. The van der Waals surface area contributed by atoms with Gasteiger partial charge in [0.15, 0.2) is 0 Å². The van der Waals surface area contributed by atoms with Gasteiger partial charge in [0.2, 0.25) is 0 Å². The Morgan fingerprint density at radius 1 is 0.750 bits per heavy atom. The fourth-order valence-electron chi connectivity index (χ4n) is 0.637. The first kappa shape index (κ1) is 16.9. The molecule has 0 spiro atoms. The summed E-state index contributed by atoms with van der Waals surface area (Å²) in [5.41, 5.74) is 1.44. The minimum absolute atomic E-state index is 0. The second kappa shape index (κ2) is 9.98. The molecule has 1 aromatic carbocycles. The average Bonchev–Trinajstić information content (AvgIpc) is 2.05. The van der Waals surface area contributed by atoms with Gasteiger partial charge in [0.1, 0.15) is 0 Å². The summed E-state index contributed by atoms with van der Waals surface area (Å²) in [7, 11) is 0. The molecular weight excluding hydrogens is 386 g/mol. The van der Waals surface area contributed by atoms with Gasteiger partial charge in [0.25, 0.3) is 0 Å². The molecular formula is C10H4Cs2. The summed E-state index contributed by atoms with van der Waals surface area (Å²) in [6.45, 7) is 0. The summed E-state index contributed by atoms with van der Waals surface area (Å²) in [5, 5.41) is 0. The molecule has 0 aliphatic heterocycles. The molecule has 0 amide bonds. The zero-order valence-corrected chi connectivity index (χ0v) is 19.9. The zero-order chi connectivity index (χ0) is 7.40. The molecule has 0 fully saturated rings. The minimum atomic E-state index is 0. The molecule has 0 aromatic heterocycles.